The Hall–Kier alpha value is -2.67. The second-order valence-electron chi connectivity index (χ2n) is 7.37. The van der Waals surface area contributed by atoms with Crippen LogP contribution in [-0.2, 0) is 9.53 Å². The third-order valence-corrected chi connectivity index (χ3v) is 6.88. The van der Waals surface area contributed by atoms with Crippen molar-refractivity contribution in [1.29, 1.82) is 0 Å². The summed E-state index contributed by atoms with van der Waals surface area (Å²) in [4.78, 5) is 31.7. The van der Waals surface area contributed by atoms with Gasteiger partial charge in [0.2, 0.25) is 5.91 Å². The molecule has 0 N–H and O–H groups in total. The number of anilines is 1. The zero-order chi connectivity index (χ0) is 22.0. The van der Waals surface area contributed by atoms with Crippen LogP contribution in [0.25, 0.3) is 0 Å². The Kier molecular flexibility index (Phi) is 6.41. The summed E-state index contributed by atoms with van der Waals surface area (Å²) in [5.41, 5.74) is 1.93. The van der Waals surface area contributed by atoms with Gasteiger partial charge in [-0.15, -0.1) is 11.3 Å². The van der Waals surface area contributed by atoms with Gasteiger partial charge in [-0.1, -0.05) is 48.0 Å². The first-order chi connectivity index (χ1) is 15.0. The average Bonchev–Trinajstić information content (AvgIpc) is 3.32. The number of hydrogen-bond acceptors (Lipinski definition) is 4. The van der Waals surface area contributed by atoms with Crippen molar-refractivity contribution in [3.63, 3.8) is 0 Å². The molecule has 0 radical (unpaired) electrons. The summed E-state index contributed by atoms with van der Waals surface area (Å²) in [5, 5.41) is 2.47. The van der Waals surface area contributed by atoms with Gasteiger partial charge in [0, 0.05) is 31.1 Å². The van der Waals surface area contributed by atoms with Crippen molar-refractivity contribution in [2.45, 2.75) is 12.0 Å². The van der Waals surface area contributed by atoms with Crippen LogP contribution in [-0.4, -0.2) is 44.0 Å². The van der Waals surface area contributed by atoms with Crippen LogP contribution in [0.15, 0.2) is 66.0 Å². The maximum absolute atomic E-state index is 13.9. The van der Waals surface area contributed by atoms with Crippen LogP contribution < -0.4 is 4.90 Å². The molecule has 0 unspecified atom stereocenters. The Balaban J connectivity index is 1.85. The van der Waals surface area contributed by atoms with E-state index >= 15 is 0 Å². The van der Waals surface area contributed by atoms with E-state index in [2.05, 4.69) is 0 Å². The maximum atomic E-state index is 13.9. The number of hydrogen-bond donors (Lipinski definition) is 0. The summed E-state index contributed by atoms with van der Waals surface area (Å²) in [6, 6.07) is 18.1. The molecule has 0 saturated carbocycles. The van der Waals surface area contributed by atoms with Gasteiger partial charge in [0.25, 0.3) is 5.91 Å². The number of rotatable bonds is 6. The lowest BCUT2D eigenvalue weighted by molar-refractivity contribution is -0.121. The van der Waals surface area contributed by atoms with E-state index in [1.807, 2.05) is 53.9 Å². The van der Waals surface area contributed by atoms with Crippen molar-refractivity contribution in [2.75, 3.05) is 32.2 Å². The van der Waals surface area contributed by atoms with Crippen LogP contribution in [0, 0.1) is 0 Å². The molecule has 0 bridgehead atoms. The zero-order valence-corrected chi connectivity index (χ0v) is 18.9. The summed E-state index contributed by atoms with van der Waals surface area (Å²) >= 11 is 7.93. The van der Waals surface area contributed by atoms with Crippen molar-refractivity contribution in [1.82, 2.24) is 4.90 Å². The number of halogens is 1. The zero-order valence-electron chi connectivity index (χ0n) is 17.3. The average molecular weight is 455 g/mol. The molecule has 5 nitrogen and oxygen atoms in total. The number of para-hydroxylation sites is 1. The lowest BCUT2D eigenvalue weighted by Gasteiger charge is -2.42. The molecule has 1 aromatic heterocycles. The Morgan fingerprint density at radius 2 is 1.87 bits per heavy atom. The highest BCUT2D eigenvalue weighted by molar-refractivity contribution is 7.10. The van der Waals surface area contributed by atoms with Gasteiger partial charge in [-0.3, -0.25) is 9.59 Å². The van der Waals surface area contributed by atoms with Crippen LogP contribution in [0.4, 0.5) is 5.69 Å². The normalized spacial score (nSPS) is 18.0. The quantitative estimate of drug-likeness (QED) is 0.527. The van der Waals surface area contributed by atoms with Crippen LogP contribution in [0.1, 0.15) is 32.8 Å². The van der Waals surface area contributed by atoms with Gasteiger partial charge in [0.05, 0.1) is 29.3 Å². The van der Waals surface area contributed by atoms with Gasteiger partial charge >= 0.3 is 0 Å². The van der Waals surface area contributed by atoms with Crippen molar-refractivity contribution >= 4 is 40.4 Å². The molecule has 0 saturated heterocycles. The summed E-state index contributed by atoms with van der Waals surface area (Å²) in [7, 11) is 3.34. The first-order valence-corrected chi connectivity index (χ1v) is 11.2. The molecule has 4 rings (SSSR count). The van der Waals surface area contributed by atoms with E-state index in [9.17, 15) is 9.59 Å². The van der Waals surface area contributed by atoms with E-state index < -0.39 is 12.0 Å². The third kappa shape index (κ3) is 3.99. The van der Waals surface area contributed by atoms with Gasteiger partial charge in [0.15, 0.2) is 0 Å². The highest BCUT2D eigenvalue weighted by atomic mass is 35.5. The standard InChI is InChI=1S/C24H23ClN2O3S/c1-26(19-11-6-5-10-18(19)25)24(29)21-16-8-3-4-9-17(16)23(28)27(13-14-30-2)22(21)20-12-7-15-31-20/h3-12,15,21-22H,13-14H2,1-2H3/t21-,22+/m1/s1. The molecule has 2 heterocycles. The van der Waals surface area contributed by atoms with Crippen LogP contribution >= 0.6 is 22.9 Å². The lowest BCUT2D eigenvalue weighted by Crippen LogP contribution is -2.48. The van der Waals surface area contributed by atoms with Crippen LogP contribution in [0.2, 0.25) is 5.02 Å². The van der Waals surface area contributed by atoms with E-state index in [0.717, 1.165) is 10.4 Å². The van der Waals surface area contributed by atoms with E-state index in [0.29, 0.717) is 29.4 Å². The second-order valence-corrected chi connectivity index (χ2v) is 8.75. The van der Waals surface area contributed by atoms with E-state index in [-0.39, 0.29) is 11.8 Å². The number of carbonyl (C=O) groups is 2. The molecular weight excluding hydrogens is 432 g/mol. The maximum Gasteiger partial charge on any atom is 0.254 e. The van der Waals surface area contributed by atoms with Gasteiger partial charge < -0.3 is 14.5 Å². The number of fused-ring (bicyclic) bond motifs is 1. The molecule has 3 aromatic rings. The summed E-state index contributed by atoms with van der Waals surface area (Å²) in [5.74, 6) is -0.768. The van der Waals surface area contributed by atoms with Gasteiger partial charge in [-0.25, -0.2) is 0 Å². The van der Waals surface area contributed by atoms with E-state index in [4.69, 9.17) is 16.3 Å². The lowest BCUT2D eigenvalue weighted by atomic mass is 9.81. The first-order valence-electron chi connectivity index (χ1n) is 9.99. The van der Waals surface area contributed by atoms with Gasteiger partial charge in [-0.05, 0) is 35.2 Å². The topological polar surface area (TPSA) is 49.9 Å². The number of nitrogens with zero attached hydrogens (tertiary/aromatic N) is 2. The highest BCUT2D eigenvalue weighted by Crippen LogP contribution is 2.45. The molecule has 0 fully saturated rings. The summed E-state index contributed by atoms with van der Waals surface area (Å²) in [6.07, 6.45) is 0. The number of thiophene rings is 1. The minimum Gasteiger partial charge on any atom is -0.383 e. The van der Waals surface area contributed by atoms with Crippen LogP contribution in [0.3, 0.4) is 0 Å². The molecule has 0 spiro atoms. The molecule has 1 aliphatic rings. The van der Waals surface area contributed by atoms with E-state index in [1.165, 1.54) is 0 Å². The predicted octanol–water partition coefficient (Wildman–Crippen LogP) is 4.99. The summed E-state index contributed by atoms with van der Waals surface area (Å²) in [6.45, 7) is 0.781. The largest absolute Gasteiger partial charge is 0.383 e. The SMILES string of the molecule is COCCN1C(=O)c2ccccc2[C@@H](C(=O)N(C)c2ccccc2Cl)[C@@H]1c1cccs1. The fourth-order valence-electron chi connectivity index (χ4n) is 4.12. The van der Waals surface area contributed by atoms with E-state index in [1.54, 1.807) is 47.4 Å². The molecular formula is C24H23ClN2O3S. The molecule has 2 atom stereocenters. The molecule has 2 aromatic carbocycles. The second kappa shape index (κ2) is 9.22. The predicted molar refractivity (Wildman–Crippen MR) is 124 cm³/mol. The fourth-order valence-corrected chi connectivity index (χ4v) is 5.26. The summed E-state index contributed by atoms with van der Waals surface area (Å²) < 4.78 is 5.27. The number of amides is 2. The van der Waals surface area contributed by atoms with Gasteiger partial charge in [-0.2, -0.15) is 0 Å². The minimum atomic E-state index is -0.564. The Labute approximate surface area is 190 Å². The number of benzene rings is 2. The Morgan fingerprint density at radius 3 is 2.58 bits per heavy atom. The monoisotopic (exact) mass is 454 g/mol. The first kappa shape index (κ1) is 21.6. The fraction of sp³-hybridized carbons (Fsp3) is 0.250. The molecule has 7 heteroatoms. The molecule has 1 aliphatic heterocycles. The molecule has 31 heavy (non-hydrogen) atoms. The number of likely N-dealkylation sites (N-methyl/N-ethyl adjacent to an activating group) is 1. The molecule has 0 aliphatic carbocycles. The Morgan fingerprint density at radius 1 is 1.13 bits per heavy atom. The highest BCUT2D eigenvalue weighted by Gasteiger charge is 2.45. The smallest absolute Gasteiger partial charge is 0.254 e. The molecule has 160 valence electrons. The van der Waals surface area contributed by atoms with Crippen molar-refractivity contribution in [3.8, 4) is 0 Å². The van der Waals surface area contributed by atoms with Gasteiger partial charge in [0.1, 0.15) is 0 Å². The third-order valence-electron chi connectivity index (χ3n) is 5.62. The van der Waals surface area contributed by atoms with Crippen molar-refractivity contribution in [3.05, 3.63) is 87.1 Å². The Bertz CT molecular complexity index is 1090. The molecule has 2 amide bonds. The number of carbonyl (C=O) groups excluding carboxylic acids is 2. The van der Waals surface area contributed by atoms with Crippen molar-refractivity contribution in [2.24, 2.45) is 0 Å². The van der Waals surface area contributed by atoms with Crippen LogP contribution in [0.5, 0.6) is 0 Å². The minimum absolute atomic E-state index is 0.0875. The number of ether oxygens (including phenoxy) is 1. The number of methoxy groups -OCH3 is 1. The van der Waals surface area contributed by atoms with Crippen molar-refractivity contribution < 1.29 is 14.3 Å².